The lowest BCUT2D eigenvalue weighted by molar-refractivity contribution is 0.310. The second-order valence-electron chi connectivity index (χ2n) is 6.69. The molecule has 0 bridgehead atoms. The highest BCUT2D eigenvalue weighted by Crippen LogP contribution is 2.43. The molecule has 2 aliphatic rings. The van der Waals surface area contributed by atoms with E-state index in [-0.39, 0.29) is 0 Å². The van der Waals surface area contributed by atoms with Gasteiger partial charge in [0, 0.05) is 44.0 Å². The molecule has 1 spiro atoms. The number of aromatic nitrogens is 4. The van der Waals surface area contributed by atoms with E-state index in [0.717, 1.165) is 24.6 Å². The molecule has 122 valence electrons. The summed E-state index contributed by atoms with van der Waals surface area (Å²) in [6.07, 6.45) is 10.8. The quantitative estimate of drug-likeness (QED) is 0.800. The number of anilines is 3. The monoisotopic (exact) mass is 313 g/mol. The predicted octanol–water partition coefficient (Wildman–Crippen LogP) is 1.90. The molecular weight excluding hydrogens is 290 g/mol. The van der Waals surface area contributed by atoms with E-state index in [1.165, 1.54) is 25.7 Å². The molecule has 1 aliphatic carbocycles. The van der Waals surface area contributed by atoms with Crippen LogP contribution < -0.4 is 16.0 Å². The molecule has 2 aromatic rings. The first-order valence-electron chi connectivity index (χ1n) is 8.30. The minimum Gasteiger partial charge on any atom is -0.365 e. The van der Waals surface area contributed by atoms with E-state index in [9.17, 15) is 0 Å². The van der Waals surface area contributed by atoms with Crippen LogP contribution in [-0.4, -0.2) is 38.9 Å². The number of hydrogen-bond donors (Lipinski definition) is 3. The SMILES string of the molecule is Cn1cc(Nc2nccc(NC3CNCC34CCCC4)n2)cn1. The van der Waals surface area contributed by atoms with Gasteiger partial charge in [-0.15, -0.1) is 0 Å². The molecular formula is C16H23N7. The number of nitrogens with zero attached hydrogens (tertiary/aromatic N) is 4. The third-order valence-electron chi connectivity index (χ3n) is 5.10. The van der Waals surface area contributed by atoms with Crippen molar-refractivity contribution in [3.05, 3.63) is 24.7 Å². The van der Waals surface area contributed by atoms with E-state index in [1.807, 2.05) is 19.3 Å². The van der Waals surface area contributed by atoms with E-state index < -0.39 is 0 Å². The Bertz CT molecular complexity index is 669. The molecule has 0 radical (unpaired) electrons. The lowest BCUT2D eigenvalue weighted by atomic mass is 9.81. The highest BCUT2D eigenvalue weighted by Gasteiger charge is 2.44. The van der Waals surface area contributed by atoms with Crippen LogP contribution in [0.15, 0.2) is 24.7 Å². The first kappa shape index (κ1) is 14.4. The van der Waals surface area contributed by atoms with Crippen molar-refractivity contribution in [3.8, 4) is 0 Å². The zero-order chi connectivity index (χ0) is 15.7. The zero-order valence-electron chi connectivity index (χ0n) is 13.4. The van der Waals surface area contributed by atoms with Crippen LogP contribution in [0.3, 0.4) is 0 Å². The van der Waals surface area contributed by atoms with Crippen molar-refractivity contribution in [2.45, 2.75) is 31.7 Å². The van der Waals surface area contributed by atoms with Crippen LogP contribution in [0.2, 0.25) is 0 Å². The average molecular weight is 313 g/mol. The molecule has 1 aliphatic heterocycles. The summed E-state index contributed by atoms with van der Waals surface area (Å²) in [5.41, 5.74) is 1.29. The van der Waals surface area contributed by atoms with Crippen molar-refractivity contribution >= 4 is 17.5 Å². The summed E-state index contributed by atoms with van der Waals surface area (Å²) in [5, 5.41) is 14.5. The van der Waals surface area contributed by atoms with Gasteiger partial charge in [-0.05, 0) is 18.9 Å². The van der Waals surface area contributed by atoms with Gasteiger partial charge in [-0.25, -0.2) is 4.98 Å². The van der Waals surface area contributed by atoms with Crippen LogP contribution in [0, 0.1) is 5.41 Å². The van der Waals surface area contributed by atoms with Gasteiger partial charge in [0.15, 0.2) is 0 Å². The van der Waals surface area contributed by atoms with Gasteiger partial charge in [0.1, 0.15) is 5.82 Å². The normalized spacial score (nSPS) is 22.6. The molecule has 3 heterocycles. The molecule has 1 unspecified atom stereocenters. The fraction of sp³-hybridized carbons (Fsp3) is 0.562. The van der Waals surface area contributed by atoms with Gasteiger partial charge in [0.2, 0.25) is 5.95 Å². The molecule has 23 heavy (non-hydrogen) atoms. The summed E-state index contributed by atoms with van der Waals surface area (Å²) in [4.78, 5) is 8.89. The molecule has 1 saturated carbocycles. The fourth-order valence-electron chi connectivity index (χ4n) is 3.91. The van der Waals surface area contributed by atoms with E-state index >= 15 is 0 Å². The Morgan fingerprint density at radius 2 is 2.22 bits per heavy atom. The van der Waals surface area contributed by atoms with E-state index in [2.05, 4.69) is 31.0 Å². The van der Waals surface area contributed by atoms with Gasteiger partial charge in [-0.1, -0.05) is 12.8 Å². The fourth-order valence-corrected chi connectivity index (χ4v) is 3.91. The summed E-state index contributed by atoms with van der Waals surface area (Å²) in [6, 6.07) is 2.39. The Labute approximate surface area is 135 Å². The summed E-state index contributed by atoms with van der Waals surface area (Å²) in [5.74, 6) is 1.47. The molecule has 3 N–H and O–H groups in total. The van der Waals surface area contributed by atoms with E-state index in [4.69, 9.17) is 0 Å². The maximum atomic E-state index is 4.60. The van der Waals surface area contributed by atoms with Crippen LogP contribution >= 0.6 is 0 Å². The largest absolute Gasteiger partial charge is 0.365 e. The molecule has 1 atom stereocenters. The van der Waals surface area contributed by atoms with Crippen molar-refractivity contribution in [2.24, 2.45) is 12.5 Å². The average Bonchev–Trinajstić information content (AvgIpc) is 3.25. The van der Waals surface area contributed by atoms with Gasteiger partial charge in [0.05, 0.1) is 11.9 Å². The lowest BCUT2D eigenvalue weighted by Gasteiger charge is -2.31. The number of aryl methyl sites for hydroxylation is 1. The first-order chi connectivity index (χ1) is 11.2. The van der Waals surface area contributed by atoms with Crippen LogP contribution in [0.4, 0.5) is 17.5 Å². The van der Waals surface area contributed by atoms with Crippen LogP contribution in [-0.2, 0) is 7.05 Å². The maximum Gasteiger partial charge on any atom is 0.229 e. The van der Waals surface area contributed by atoms with Gasteiger partial charge < -0.3 is 16.0 Å². The molecule has 7 nitrogen and oxygen atoms in total. The predicted molar refractivity (Wildman–Crippen MR) is 89.7 cm³/mol. The summed E-state index contributed by atoms with van der Waals surface area (Å²) < 4.78 is 1.75. The second kappa shape index (κ2) is 5.81. The maximum absolute atomic E-state index is 4.60. The minimum absolute atomic E-state index is 0.405. The molecule has 4 rings (SSSR count). The van der Waals surface area contributed by atoms with Gasteiger partial charge in [-0.3, -0.25) is 4.68 Å². The number of rotatable bonds is 4. The smallest absolute Gasteiger partial charge is 0.229 e. The highest BCUT2D eigenvalue weighted by atomic mass is 15.3. The second-order valence-corrected chi connectivity index (χ2v) is 6.69. The van der Waals surface area contributed by atoms with Crippen LogP contribution in [0.1, 0.15) is 25.7 Å². The summed E-state index contributed by atoms with van der Waals surface area (Å²) in [6.45, 7) is 2.13. The van der Waals surface area contributed by atoms with E-state index in [0.29, 0.717) is 17.4 Å². The molecule has 0 amide bonds. The number of hydrogen-bond acceptors (Lipinski definition) is 6. The Kier molecular flexibility index (Phi) is 3.65. The molecule has 7 heteroatoms. The molecule has 0 aromatic carbocycles. The van der Waals surface area contributed by atoms with Gasteiger partial charge in [-0.2, -0.15) is 10.1 Å². The Balaban J connectivity index is 1.48. The highest BCUT2D eigenvalue weighted by molar-refractivity contribution is 5.52. The molecule has 2 aromatic heterocycles. The van der Waals surface area contributed by atoms with Crippen molar-refractivity contribution in [1.82, 2.24) is 25.1 Å². The lowest BCUT2D eigenvalue weighted by Crippen LogP contribution is -2.37. The van der Waals surface area contributed by atoms with E-state index in [1.54, 1.807) is 17.1 Å². The van der Waals surface area contributed by atoms with Crippen LogP contribution in [0.25, 0.3) is 0 Å². The van der Waals surface area contributed by atoms with Crippen molar-refractivity contribution < 1.29 is 0 Å². The Morgan fingerprint density at radius 1 is 1.35 bits per heavy atom. The van der Waals surface area contributed by atoms with Gasteiger partial charge >= 0.3 is 0 Å². The number of nitrogens with one attached hydrogen (secondary N) is 3. The Hall–Kier alpha value is -2.15. The third-order valence-corrected chi connectivity index (χ3v) is 5.10. The topological polar surface area (TPSA) is 79.7 Å². The van der Waals surface area contributed by atoms with Crippen LogP contribution in [0.5, 0.6) is 0 Å². The zero-order valence-corrected chi connectivity index (χ0v) is 13.4. The summed E-state index contributed by atoms with van der Waals surface area (Å²) in [7, 11) is 1.89. The van der Waals surface area contributed by atoms with Crippen molar-refractivity contribution in [3.63, 3.8) is 0 Å². The summed E-state index contributed by atoms with van der Waals surface area (Å²) >= 11 is 0. The molecule has 1 saturated heterocycles. The molecule has 2 fully saturated rings. The van der Waals surface area contributed by atoms with Gasteiger partial charge in [0.25, 0.3) is 0 Å². The standard InChI is InChI=1S/C16H23N7/c1-23-10-12(8-19-23)20-15-18-7-4-14(22-15)21-13-9-17-11-16(13)5-2-3-6-16/h4,7-8,10,13,17H,2-3,5-6,9,11H2,1H3,(H2,18,20,21,22). The minimum atomic E-state index is 0.405. The van der Waals surface area contributed by atoms with Crippen molar-refractivity contribution in [2.75, 3.05) is 23.7 Å². The third kappa shape index (κ3) is 2.88. The van der Waals surface area contributed by atoms with Crippen molar-refractivity contribution in [1.29, 1.82) is 0 Å². The first-order valence-corrected chi connectivity index (χ1v) is 8.30. The Morgan fingerprint density at radius 3 is 3.00 bits per heavy atom.